The SMILES string of the molecule is CCOC(=O)c1c(NC(=O)C2CCN(C(=O)C(C)(C)C)CC2)sc2c1CCCC2. The molecule has 1 aromatic heterocycles. The molecule has 0 bridgehead atoms. The minimum absolute atomic E-state index is 0.0583. The second-order valence-electron chi connectivity index (χ2n) is 8.94. The predicted octanol–water partition coefficient (Wildman–Crippen LogP) is 4.03. The maximum Gasteiger partial charge on any atom is 0.341 e. The smallest absolute Gasteiger partial charge is 0.341 e. The summed E-state index contributed by atoms with van der Waals surface area (Å²) in [4.78, 5) is 41.0. The van der Waals surface area contributed by atoms with E-state index in [9.17, 15) is 14.4 Å². The number of ether oxygens (including phenoxy) is 1. The zero-order valence-corrected chi connectivity index (χ0v) is 18.7. The van der Waals surface area contributed by atoms with Crippen LogP contribution in [0.4, 0.5) is 5.00 Å². The molecule has 2 heterocycles. The lowest BCUT2D eigenvalue weighted by atomic mass is 9.90. The van der Waals surface area contributed by atoms with Gasteiger partial charge in [0.25, 0.3) is 0 Å². The van der Waals surface area contributed by atoms with E-state index < -0.39 is 5.41 Å². The summed E-state index contributed by atoms with van der Waals surface area (Å²) >= 11 is 1.52. The van der Waals surface area contributed by atoms with Crippen molar-refractivity contribution in [3.8, 4) is 0 Å². The molecule has 3 rings (SSSR count). The number of amides is 2. The number of likely N-dealkylation sites (tertiary alicyclic amines) is 1. The standard InChI is InChI=1S/C22H32N2O4S/c1-5-28-20(26)17-15-8-6-7-9-16(15)29-19(17)23-18(25)14-10-12-24(13-11-14)21(27)22(2,3)4/h14H,5-13H2,1-4H3,(H,23,25). The van der Waals surface area contributed by atoms with Gasteiger partial charge in [-0.05, 0) is 51.0 Å². The van der Waals surface area contributed by atoms with E-state index in [-0.39, 0.29) is 23.7 Å². The molecule has 0 saturated carbocycles. The second-order valence-corrected chi connectivity index (χ2v) is 10.0. The van der Waals surface area contributed by atoms with Crippen LogP contribution in [0.2, 0.25) is 0 Å². The predicted molar refractivity (Wildman–Crippen MR) is 114 cm³/mol. The Morgan fingerprint density at radius 2 is 1.79 bits per heavy atom. The van der Waals surface area contributed by atoms with Crippen LogP contribution in [0.15, 0.2) is 0 Å². The van der Waals surface area contributed by atoms with Gasteiger partial charge in [-0.1, -0.05) is 20.8 Å². The van der Waals surface area contributed by atoms with Crippen molar-refractivity contribution in [2.45, 2.75) is 66.2 Å². The molecule has 29 heavy (non-hydrogen) atoms. The number of rotatable bonds is 4. The highest BCUT2D eigenvalue weighted by Crippen LogP contribution is 2.39. The summed E-state index contributed by atoms with van der Waals surface area (Å²) < 4.78 is 5.26. The van der Waals surface area contributed by atoms with Crippen LogP contribution in [0.1, 0.15) is 74.2 Å². The fraction of sp³-hybridized carbons (Fsp3) is 0.682. The average Bonchev–Trinajstić information content (AvgIpc) is 3.04. The van der Waals surface area contributed by atoms with E-state index in [0.29, 0.717) is 43.1 Å². The number of hydrogen-bond acceptors (Lipinski definition) is 5. The van der Waals surface area contributed by atoms with Crippen molar-refractivity contribution >= 4 is 34.1 Å². The number of esters is 1. The molecule has 0 radical (unpaired) electrons. The number of thiophene rings is 1. The third-order valence-corrected chi connectivity index (χ3v) is 6.89. The van der Waals surface area contributed by atoms with E-state index in [1.54, 1.807) is 6.92 Å². The Morgan fingerprint density at radius 3 is 2.41 bits per heavy atom. The van der Waals surface area contributed by atoms with Crippen LogP contribution in [-0.4, -0.2) is 42.4 Å². The van der Waals surface area contributed by atoms with Gasteiger partial charge < -0.3 is 15.0 Å². The van der Waals surface area contributed by atoms with Gasteiger partial charge in [0.05, 0.1) is 12.2 Å². The molecule has 1 N–H and O–H groups in total. The van der Waals surface area contributed by atoms with Crippen molar-refractivity contribution < 1.29 is 19.1 Å². The van der Waals surface area contributed by atoms with E-state index >= 15 is 0 Å². The van der Waals surface area contributed by atoms with Gasteiger partial charge in [0.15, 0.2) is 0 Å². The van der Waals surface area contributed by atoms with Crippen LogP contribution >= 0.6 is 11.3 Å². The van der Waals surface area contributed by atoms with E-state index in [1.165, 1.54) is 16.2 Å². The minimum Gasteiger partial charge on any atom is -0.462 e. The third kappa shape index (κ3) is 4.82. The normalized spacial score (nSPS) is 17.6. The number of anilines is 1. The van der Waals surface area contributed by atoms with Crippen LogP contribution in [0.25, 0.3) is 0 Å². The maximum absolute atomic E-state index is 12.9. The number of carbonyl (C=O) groups is 3. The molecule has 6 nitrogen and oxygen atoms in total. The fourth-order valence-corrected chi connectivity index (χ4v) is 5.39. The van der Waals surface area contributed by atoms with E-state index in [1.807, 2.05) is 25.7 Å². The highest BCUT2D eigenvalue weighted by Gasteiger charge is 2.33. The quantitative estimate of drug-likeness (QED) is 0.746. The Kier molecular flexibility index (Phi) is 6.66. The summed E-state index contributed by atoms with van der Waals surface area (Å²) in [6, 6.07) is 0. The molecule has 1 aliphatic heterocycles. The summed E-state index contributed by atoms with van der Waals surface area (Å²) in [6.07, 6.45) is 5.28. The molecule has 0 atom stereocenters. The maximum atomic E-state index is 12.9. The van der Waals surface area contributed by atoms with Gasteiger partial charge in [-0.25, -0.2) is 4.79 Å². The lowest BCUT2D eigenvalue weighted by Gasteiger charge is -2.35. The minimum atomic E-state index is -0.403. The van der Waals surface area contributed by atoms with Crippen molar-refractivity contribution in [2.75, 3.05) is 25.0 Å². The van der Waals surface area contributed by atoms with Crippen molar-refractivity contribution in [1.82, 2.24) is 4.90 Å². The molecule has 1 fully saturated rings. The highest BCUT2D eigenvalue weighted by atomic mass is 32.1. The van der Waals surface area contributed by atoms with Gasteiger partial charge in [-0.3, -0.25) is 9.59 Å². The number of fused-ring (bicyclic) bond motifs is 1. The zero-order valence-electron chi connectivity index (χ0n) is 17.9. The first-order chi connectivity index (χ1) is 13.7. The number of nitrogens with one attached hydrogen (secondary N) is 1. The Morgan fingerprint density at radius 1 is 1.14 bits per heavy atom. The number of hydrogen-bond donors (Lipinski definition) is 1. The average molecular weight is 421 g/mol. The molecule has 2 aliphatic rings. The summed E-state index contributed by atoms with van der Waals surface area (Å²) in [5, 5.41) is 3.66. The fourth-order valence-electron chi connectivity index (χ4n) is 4.11. The lowest BCUT2D eigenvalue weighted by molar-refractivity contribution is -0.142. The van der Waals surface area contributed by atoms with E-state index in [0.717, 1.165) is 31.2 Å². The largest absolute Gasteiger partial charge is 0.462 e. The van der Waals surface area contributed by atoms with Crippen LogP contribution in [0.5, 0.6) is 0 Å². The van der Waals surface area contributed by atoms with E-state index in [4.69, 9.17) is 4.74 Å². The second kappa shape index (κ2) is 8.86. The monoisotopic (exact) mass is 420 g/mol. The Labute approximate surface area is 177 Å². The van der Waals surface area contributed by atoms with Crippen molar-refractivity contribution in [2.24, 2.45) is 11.3 Å². The summed E-state index contributed by atoms with van der Waals surface area (Å²) in [5.74, 6) is -0.412. The third-order valence-electron chi connectivity index (χ3n) is 5.68. The first-order valence-corrected chi connectivity index (χ1v) is 11.5. The van der Waals surface area contributed by atoms with Gasteiger partial charge in [0.2, 0.25) is 11.8 Å². The Hall–Kier alpha value is -1.89. The summed E-state index contributed by atoms with van der Waals surface area (Å²) in [5.41, 5.74) is 1.21. The van der Waals surface area contributed by atoms with Crippen LogP contribution < -0.4 is 5.32 Å². The topological polar surface area (TPSA) is 75.7 Å². The van der Waals surface area contributed by atoms with Crippen LogP contribution in [0, 0.1) is 11.3 Å². The molecular weight excluding hydrogens is 388 g/mol. The molecule has 1 aliphatic carbocycles. The van der Waals surface area contributed by atoms with Crippen molar-refractivity contribution in [3.05, 3.63) is 16.0 Å². The van der Waals surface area contributed by atoms with Gasteiger partial charge in [-0.2, -0.15) is 0 Å². The molecule has 1 aromatic rings. The van der Waals surface area contributed by atoms with Crippen LogP contribution in [-0.2, 0) is 27.2 Å². The van der Waals surface area contributed by atoms with E-state index in [2.05, 4.69) is 5.32 Å². The van der Waals surface area contributed by atoms with Crippen LogP contribution in [0.3, 0.4) is 0 Å². The number of aryl methyl sites for hydroxylation is 1. The van der Waals surface area contributed by atoms with Gasteiger partial charge in [0, 0.05) is 29.3 Å². The molecule has 2 amide bonds. The molecule has 0 aromatic carbocycles. The van der Waals surface area contributed by atoms with Crippen molar-refractivity contribution in [3.63, 3.8) is 0 Å². The molecular formula is C22H32N2O4S. The first kappa shape index (κ1) is 21.8. The summed E-state index contributed by atoms with van der Waals surface area (Å²) in [6.45, 7) is 9.06. The first-order valence-electron chi connectivity index (χ1n) is 10.6. The lowest BCUT2D eigenvalue weighted by Crippen LogP contribution is -2.45. The molecule has 0 spiro atoms. The van der Waals surface area contributed by atoms with Gasteiger partial charge in [-0.15, -0.1) is 11.3 Å². The number of carbonyl (C=O) groups excluding carboxylic acids is 3. The van der Waals surface area contributed by atoms with Gasteiger partial charge >= 0.3 is 5.97 Å². The van der Waals surface area contributed by atoms with Gasteiger partial charge in [0.1, 0.15) is 5.00 Å². The van der Waals surface area contributed by atoms with Crippen molar-refractivity contribution in [1.29, 1.82) is 0 Å². The zero-order chi connectivity index (χ0) is 21.2. The number of piperidine rings is 1. The summed E-state index contributed by atoms with van der Waals surface area (Å²) in [7, 11) is 0. The molecule has 7 heteroatoms. The number of nitrogens with zero attached hydrogens (tertiary/aromatic N) is 1. The molecule has 1 saturated heterocycles. The Bertz CT molecular complexity index is 785. The highest BCUT2D eigenvalue weighted by molar-refractivity contribution is 7.17. The molecule has 0 unspecified atom stereocenters. The Balaban J connectivity index is 1.69. The molecule has 160 valence electrons.